The smallest absolute Gasteiger partial charge is 0.410 e. The molecule has 1 aromatic carbocycles. The number of likely N-dealkylation sites (tertiary alicyclic amines) is 1. The maximum absolute atomic E-state index is 13.7. The first-order valence-electron chi connectivity index (χ1n) is 19.3. The number of nitrogens with one attached hydrogen (secondary N) is 2. The number of pyridine rings is 2. The number of piperazine rings is 1. The number of anilines is 1. The third-order valence-corrected chi connectivity index (χ3v) is 10.3. The van der Waals surface area contributed by atoms with Crippen molar-refractivity contribution < 1.29 is 28.7 Å². The number of carbonyl (C=O) groups is 4. The summed E-state index contributed by atoms with van der Waals surface area (Å²) in [6.45, 7) is 16.2. The van der Waals surface area contributed by atoms with Crippen molar-refractivity contribution in [3.05, 3.63) is 81.8 Å². The molecule has 2 N–H and O–H groups in total. The number of benzene rings is 1. The van der Waals surface area contributed by atoms with Gasteiger partial charge >= 0.3 is 6.09 Å². The Balaban J connectivity index is 1.20. The number of nitrogens with zero attached hydrogens (tertiary/aromatic N) is 5. The average Bonchev–Trinajstić information content (AvgIpc) is 3.97. The van der Waals surface area contributed by atoms with Gasteiger partial charge in [-0.1, -0.05) is 17.9 Å². The van der Waals surface area contributed by atoms with Gasteiger partial charge < -0.3 is 29.9 Å². The highest BCUT2D eigenvalue weighted by atomic mass is 16.6. The number of hydrogen-bond donors (Lipinski definition) is 2. The molecular weight excluding hydrogens is 711 g/mol. The molecule has 0 spiro atoms. The molecule has 4 heterocycles. The molecule has 13 heteroatoms. The van der Waals surface area contributed by atoms with Crippen molar-refractivity contribution in [2.24, 2.45) is 5.92 Å². The maximum Gasteiger partial charge on any atom is 0.410 e. The number of hydrogen-bond acceptors (Lipinski definition) is 9. The Morgan fingerprint density at radius 3 is 2.30 bits per heavy atom. The monoisotopic (exact) mass is 763 g/mol. The Morgan fingerprint density at radius 1 is 0.946 bits per heavy atom. The minimum atomic E-state index is -0.586. The molecule has 1 saturated carbocycles. The molecule has 56 heavy (non-hydrogen) atoms. The summed E-state index contributed by atoms with van der Waals surface area (Å²) in [5.74, 6) is 6.94. The lowest BCUT2D eigenvalue weighted by Gasteiger charge is -2.41. The fourth-order valence-corrected chi connectivity index (χ4v) is 6.93. The van der Waals surface area contributed by atoms with E-state index >= 15 is 0 Å². The molecule has 296 valence electrons. The van der Waals surface area contributed by atoms with E-state index in [1.165, 1.54) is 12.6 Å². The topological polar surface area (TPSA) is 146 Å². The largest absolute Gasteiger partial charge is 0.482 e. The molecule has 2 atom stereocenters. The third-order valence-electron chi connectivity index (χ3n) is 10.3. The fraction of sp³-hybridized carbons (Fsp3) is 0.488. The van der Waals surface area contributed by atoms with Crippen LogP contribution in [0.25, 0.3) is 0 Å². The number of ether oxygens (including phenoxy) is 2. The average molecular weight is 764 g/mol. The molecule has 4 amide bonds. The summed E-state index contributed by atoms with van der Waals surface area (Å²) in [4.78, 5) is 66.6. The van der Waals surface area contributed by atoms with Crippen LogP contribution in [0.5, 0.6) is 5.75 Å². The Labute approximate surface area is 329 Å². The SMILES string of the molecule is CNC(=O)c1cc(C(=O)Nc2ncc(C#CC3CN(C(C)=O)C3)cc2C)c(C)cc1O[C@H](CN1CCN(C(=O)OC(C)(C)C)[C@H](C)C1)c1ccc(C2CC2)cn1. The van der Waals surface area contributed by atoms with Crippen LogP contribution in [0.15, 0.2) is 42.7 Å². The number of carbonyl (C=O) groups excluding carboxylic acids is 4. The standard InChI is InChI=1S/C43H53N7O6/c1-26-18-37(35(40(52)44-8)19-34(26)41(53)47-39-27(2)17-30(20-46-39)9-10-31-23-49(24-31)29(4)51)55-38(36-14-13-33(21-45-36)32-11-12-32)25-48-15-16-50(28(3)22-48)42(54)56-43(5,6)7/h13-14,17-21,28,31-32,38H,11-12,15-16,22-25H2,1-8H3,(H,44,52)(H,46,47,53)/t28-,38-/m1/s1. The van der Waals surface area contributed by atoms with Crippen LogP contribution < -0.4 is 15.4 Å². The summed E-state index contributed by atoms with van der Waals surface area (Å²) in [6, 6.07) is 9.14. The zero-order valence-electron chi connectivity index (χ0n) is 33.7. The lowest BCUT2D eigenvalue weighted by molar-refractivity contribution is -0.133. The van der Waals surface area contributed by atoms with E-state index < -0.39 is 23.5 Å². The predicted octanol–water partition coefficient (Wildman–Crippen LogP) is 5.47. The molecule has 3 aromatic rings. The van der Waals surface area contributed by atoms with E-state index in [9.17, 15) is 19.2 Å². The van der Waals surface area contributed by atoms with E-state index in [1.54, 1.807) is 42.0 Å². The van der Waals surface area contributed by atoms with E-state index in [0.717, 1.165) is 24.1 Å². The van der Waals surface area contributed by atoms with E-state index in [2.05, 4.69) is 38.4 Å². The quantitative estimate of drug-likeness (QED) is 0.271. The molecule has 0 radical (unpaired) electrons. The van der Waals surface area contributed by atoms with Gasteiger partial charge in [0, 0.05) is 82.8 Å². The maximum atomic E-state index is 13.7. The first-order chi connectivity index (χ1) is 26.6. The third kappa shape index (κ3) is 9.84. The minimum Gasteiger partial charge on any atom is -0.482 e. The molecule has 2 aliphatic heterocycles. The lowest BCUT2D eigenvalue weighted by Crippen LogP contribution is -2.55. The van der Waals surface area contributed by atoms with E-state index in [-0.39, 0.29) is 29.5 Å². The zero-order valence-corrected chi connectivity index (χ0v) is 33.7. The molecule has 1 aliphatic carbocycles. The number of rotatable bonds is 9. The summed E-state index contributed by atoms with van der Waals surface area (Å²) in [5, 5.41) is 5.60. The first kappa shape index (κ1) is 40.2. The molecule has 13 nitrogen and oxygen atoms in total. The van der Waals surface area contributed by atoms with Crippen LogP contribution in [0.4, 0.5) is 10.6 Å². The molecular formula is C43H53N7O6. The molecule has 0 bridgehead atoms. The molecule has 0 unspecified atom stereocenters. The summed E-state index contributed by atoms with van der Waals surface area (Å²) < 4.78 is 12.4. The van der Waals surface area contributed by atoms with Crippen LogP contribution in [-0.4, -0.2) is 106 Å². The molecule has 3 aliphatic rings. The molecule has 2 saturated heterocycles. The van der Waals surface area contributed by atoms with Gasteiger partial charge in [0.25, 0.3) is 11.8 Å². The molecule has 3 fully saturated rings. The second-order valence-corrected chi connectivity index (χ2v) is 16.2. The van der Waals surface area contributed by atoms with E-state index in [4.69, 9.17) is 14.5 Å². The van der Waals surface area contributed by atoms with Crippen molar-refractivity contribution in [1.82, 2.24) is 30.0 Å². The number of aryl methyl sites for hydroxylation is 2. The van der Waals surface area contributed by atoms with Crippen LogP contribution in [0, 0.1) is 31.6 Å². The summed E-state index contributed by atoms with van der Waals surface area (Å²) in [5.41, 5.74) is 3.91. The predicted molar refractivity (Wildman–Crippen MR) is 213 cm³/mol. The van der Waals surface area contributed by atoms with Gasteiger partial charge in [-0.3, -0.25) is 24.3 Å². The minimum absolute atomic E-state index is 0.0505. The highest BCUT2D eigenvalue weighted by molar-refractivity contribution is 6.07. The number of aromatic nitrogens is 2. The first-order valence-corrected chi connectivity index (χ1v) is 19.3. The van der Waals surface area contributed by atoms with Crippen molar-refractivity contribution in [3.63, 3.8) is 0 Å². The Bertz CT molecular complexity index is 2040. The van der Waals surface area contributed by atoms with Gasteiger partial charge in [-0.25, -0.2) is 9.78 Å². The van der Waals surface area contributed by atoms with Gasteiger partial charge in [-0.05, 0) is 101 Å². The summed E-state index contributed by atoms with van der Waals surface area (Å²) in [6.07, 6.45) is 4.96. The summed E-state index contributed by atoms with van der Waals surface area (Å²) in [7, 11) is 1.54. The van der Waals surface area contributed by atoms with Crippen LogP contribution in [0.2, 0.25) is 0 Å². The zero-order chi connectivity index (χ0) is 40.3. The highest BCUT2D eigenvalue weighted by Crippen LogP contribution is 2.40. The fourth-order valence-electron chi connectivity index (χ4n) is 6.93. The van der Waals surface area contributed by atoms with Crippen molar-refractivity contribution in [2.45, 2.75) is 85.0 Å². The van der Waals surface area contributed by atoms with Crippen molar-refractivity contribution in [1.29, 1.82) is 0 Å². The van der Waals surface area contributed by atoms with Gasteiger partial charge in [-0.15, -0.1) is 0 Å². The van der Waals surface area contributed by atoms with E-state index in [1.807, 2.05) is 52.9 Å². The number of amides is 4. The van der Waals surface area contributed by atoms with Gasteiger partial charge in [0.2, 0.25) is 5.91 Å². The van der Waals surface area contributed by atoms with E-state index in [0.29, 0.717) is 73.4 Å². The van der Waals surface area contributed by atoms with Crippen LogP contribution in [0.1, 0.15) is 108 Å². The van der Waals surface area contributed by atoms with Crippen molar-refractivity contribution in [2.75, 3.05) is 51.6 Å². The Hall–Kier alpha value is -5.48. The van der Waals surface area contributed by atoms with Gasteiger partial charge in [0.15, 0.2) is 6.10 Å². The second-order valence-electron chi connectivity index (χ2n) is 16.2. The van der Waals surface area contributed by atoms with Crippen LogP contribution >= 0.6 is 0 Å². The normalized spacial score (nSPS) is 17.9. The van der Waals surface area contributed by atoms with Gasteiger partial charge in [0.1, 0.15) is 17.2 Å². The van der Waals surface area contributed by atoms with Crippen molar-refractivity contribution >= 4 is 29.6 Å². The van der Waals surface area contributed by atoms with Crippen LogP contribution in [0.3, 0.4) is 0 Å². The summed E-state index contributed by atoms with van der Waals surface area (Å²) >= 11 is 0. The molecule has 2 aromatic heterocycles. The van der Waals surface area contributed by atoms with Crippen molar-refractivity contribution in [3.8, 4) is 17.6 Å². The van der Waals surface area contributed by atoms with Gasteiger partial charge in [0.05, 0.1) is 17.2 Å². The van der Waals surface area contributed by atoms with Crippen LogP contribution in [-0.2, 0) is 9.53 Å². The Kier molecular flexibility index (Phi) is 12.0. The Morgan fingerprint density at radius 2 is 1.70 bits per heavy atom. The lowest BCUT2D eigenvalue weighted by atomic mass is 10.0. The van der Waals surface area contributed by atoms with Gasteiger partial charge in [-0.2, -0.15) is 0 Å². The molecule has 6 rings (SSSR count). The second kappa shape index (κ2) is 16.7. The highest BCUT2D eigenvalue weighted by Gasteiger charge is 2.33.